The van der Waals surface area contributed by atoms with Crippen molar-refractivity contribution in [3.63, 3.8) is 0 Å². The molecular weight excluding hydrogens is 298 g/mol. The van der Waals surface area contributed by atoms with E-state index < -0.39 is 18.4 Å². The van der Waals surface area contributed by atoms with Crippen molar-refractivity contribution in [1.29, 1.82) is 0 Å². The number of nitrogens with one attached hydrogen (secondary N) is 1. The Balaban J connectivity index is 2.13. The molecule has 0 unspecified atom stereocenters. The number of aliphatic hydroxyl groups is 1. The Morgan fingerprint density at radius 1 is 1.36 bits per heavy atom. The van der Waals surface area contributed by atoms with Crippen molar-refractivity contribution in [3.8, 4) is 5.75 Å². The summed E-state index contributed by atoms with van der Waals surface area (Å²) in [5.41, 5.74) is 1.11. The first-order chi connectivity index (χ1) is 10.4. The zero-order valence-corrected chi connectivity index (χ0v) is 11.7. The quantitative estimate of drug-likeness (QED) is 0.773. The predicted octanol–water partition coefficient (Wildman–Crippen LogP) is 1.25. The van der Waals surface area contributed by atoms with Gasteiger partial charge in [-0.3, -0.25) is 14.5 Å². The number of anilines is 1. The normalized spacial score (nSPS) is 14.6. The van der Waals surface area contributed by atoms with E-state index in [-0.39, 0.29) is 24.6 Å². The van der Waals surface area contributed by atoms with Gasteiger partial charge < -0.3 is 15.2 Å². The summed E-state index contributed by atoms with van der Waals surface area (Å²) in [7, 11) is 0. The Hall–Kier alpha value is -2.48. The van der Waals surface area contributed by atoms with E-state index in [0.717, 1.165) is 11.0 Å². The zero-order valence-electron chi connectivity index (χ0n) is 11.7. The summed E-state index contributed by atoms with van der Waals surface area (Å²) >= 11 is 0. The molecule has 8 heteroatoms. The highest BCUT2D eigenvalue weighted by Crippen LogP contribution is 2.25. The molecule has 0 atom stereocenters. The van der Waals surface area contributed by atoms with Crippen LogP contribution in [0.5, 0.6) is 5.75 Å². The first-order valence-electron chi connectivity index (χ1n) is 6.43. The number of carbonyl (C=O) groups excluding carboxylic acids is 2. The van der Waals surface area contributed by atoms with Gasteiger partial charge in [0, 0.05) is 11.8 Å². The molecule has 0 aliphatic carbocycles. The Bertz CT molecular complexity index is 631. The molecule has 0 spiro atoms. The van der Waals surface area contributed by atoms with E-state index in [1.54, 1.807) is 6.92 Å². The maximum Gasteiger partial charge on any atom is 0.387 e. The van der Waals surface area contributed by atoms with Gasteiger partial charge in [-0.15, -0.1) is 0 Å². The number of amides is 2. The highest BCUT2D eigenvalue weighted by atomic mass is 19.3. The number of imide groups is 1. The number of aryl methyl sites for hydroxylation is 1. The molecule has 1 heterocycles. The standard InChI is InChI=1S/C14H14F2N2O4/c1-8-6-9(22-14(15)16)2-3-10(8)17-11-7-12(20)18(4-5-19)13(11)21/h2-3,6-7,14,17,19H,4-5H2,1H3. The maximum absolute atomic E-state index is 12.1. The maximum atomic E-state index is 12.1. The summed E-state index contributed by atoms with van der Waals surface area (Å²) in [5, 5.41) is 11.6. The Labute approximate surface area is 125 Å². The molecule has 1 aromatic rings. The van der Waals surface area contributed by atoms with Crippen LogP contribution in [0, 0.1) is 6.92 Å². The lowest BCUT2D eigenvalue weighted by molar-refractivity contribution is -0.137. The number of rotatable bonds is 6. The minimum atomic E-state index is -2.91. The minimum Gasteiger partial charge on any atom is -0.435 e. The van der Waals surface area contributed by atoms with Gasteiger partial charge in [0.05, 0.1) is 13.2 Å². The topological polar surface area (TPSA) is 78.9 Å². The van der Waals surface area contributed by atoms with Crippen molar-refractivity contribution < 1.29 is 28.2 Å². The third-order valence-electron chi connectivity index (χ3n) is 3.03. The van der Waals surface area contributed by atoms with Crippen LogP contribution >= 0.6 is 0 Å². The monoisotopic (exact) mass is 312 g/mol. The van der Waals surface area contributed by atoms with Crippen molar-refractivity contribution in [3.05, 3.63) is 35.5 Å². The molecule has 0 saturated heterocycles. The van der Waals surface area contributed by atoms with Gasteiger partial charge in [-0.25, -0.2) is 0 Å². The lowest BCUT2D eigenvalue weighted by Crippen LogP contribution is -2.34. The van der Waals surface area contributed by atoms with E-state index in [1.807, 2.05) is 0 Å². The number of benzene rings is 1. The molecule has 0 fully saturated rings. The lowest BCUT2D eigenvalue weighted by atomic mass is 10.2. The smallest absolute Gasteiger partial charge is 0.387 e. The van der Waals surface area contributed by atoms with E-state index in [9.17, 15) is 18.4 Å². The Kier molecular flexibility index (Phi) is 4.71. The van der Waals surface area contributed by atoms with Crippen LogP contribution in [0.25, 0.3) is 0 Å². The fourth-order valence-corrected chi connectivity index (χ4v) is 2.01. The summed E-state index contributed by atoms with van der Waals surface area (Å²) in [4.78, 5) is 24.5. The lowest BCUT2D eigenvalue weighted by Gasteiger charge is -2.14. The van der Waals surface area contributed by atoms with E-state index in [0.29, 0.717) is 11.3 Å². The largest absolute Gasteiger partial charge is 0.435 e. The molecule has 0 saturated carbocycles. The van der Waals surface area contributed by atoms with Gasteiger partial charge in [-0.05, 0) is 30.7 Å². The molecule has 1 aromatic carbocycles. The van der Waals surface area contributed by atoms with E-state index in [4.69, 9.17) is 5.11 Å². The van der Waals surface area contributed by atoms with Crippen LogP contribution in [-0.4, -0.2) is 41.6 Å². The molecular formula is C14H14F2N2O4. The predicted molar refractivity (Wildman–Crippen MR) is 73.3 cm³/mol. The van der Waals surface area contributed by atoms with Gasteiger partial charge in [-0.2, -0.15) is 8.78 Å². The second kappa shape index (κ2) is 6.52. The molecule has 2 rings (SSSR count). The highest BCUT2D eigenvalue weighted by Gasteiger charge is 2.30. The van der Waals surface area contributed by atoms with Gasteiger partial charge in [-0.1, -0.05) is 0 Å². The molecule has 0 bridgehead atoms. The number of aliphatic hydroxyl groups excluding tert-OH is 1. The molecule has 118 valence electrons. The molecule has 0 radical (unpaired) electrons. The number of β-amino-alcohol motifs (C(OH)–C–C–N with tert-alkyl or cyclic N) is 1. The number of hydrogen-bond donors (Lipinski definition) is 2. The van der Waals surface area contributed by atoms with Crippen LogP contribution in [0.4, 0.5) is 14.5 Å². The minimum absolute atomic E-state index is 0.00256. The first kappa shape index (κ1) is 15.9. The number of carbonyl (C=O) groups is 2. The number of halogens is 2. The second-order valence-corrected chi connectivity index (χ2v) is 4.56. The van der Waals surface area contributed by atoms with Crippen LogP contribution in [0.2, 0.25) is 0 Å². The van der Waals surface area contributed by atoms with Crippen LogP contribution < -0.4 is 10.1 Å². The summed E-state index contributed by atoms with van der Waals surface area (Å²) in [5.74, 6) is -1.06. The zero-order chi connectivity index (χ0) is 16.3. The van der Waals surface area contributed by atoms with Crippen LogP contribution in [0.3, 0.4) is 0 Å². The summed E-state index contributed by atoms with van der Waals surface area (Å²) in [6.07, 6.45) is 1.13. The van der Waals surface area contributed by atoms with Gasteiger partial charge in [0.25, 0.3) is 11.8 Å². The van der Waals surface area contributed by atoms with E-state index in [1.165, 1.54) is 18.2 Å². The SMILES string of the molecule is Cc1cc(OC(F)F)ccc1NC1=CC(=O)N(CCO)C1=O. The first-order valence-corrected chi connectivity index (χ1v) is 6.43. The van der Waals surface area contributed by atoms with E-state index in [2.05, 4.69) is 10.1 Å². The number of hydrogen-bond acceptors (Lipinski definition) is 5. The Morgan fingerprint density at radius 2 is 2.09 bits per heavy atom. The third-order valence-corrected chi connectivity index (χ3v) is 3.03. The second-order valence-electron chi connectivity index (χ2n) is 4.56. The van der Waals surface area contributed by atoms with Crippen molar-refractivity contribution in [2.24, 2.45) is 0 Å². The van der Waals surface area contributed by atoms with Gasteiger partial charge in [0.15, 0.2) is 0 Å². The molecule has 22 heavy (non-hydrogen) atoms. The summed E-state index contributed by atoms with van der Waals surface area (Å²) in [6, 6.07) is 4.19. The van der Waals surface area contributed by atoms with Crippen LogP contribution in [0.1, 0.15) is 5.56 Å². The van der Waals surface area contributed by atoms with Crippen molar-refractivity contribution in [2.45, 2.75) is 13.5 Å². The van der Waals surface area contributed by atoms with Gasteiger partial charge in [0.1, 0.15) is 11.4 Å². The molecule has 1 aliphatic heterocycles. The average Bonchev–Trinajstić information content (AvgIpc) is 2.69. The fourth-order valence-electron chi connectivity index (χ4n) is 2.01. The highest BCUT2D eigenvalue weighted by molar-refractivity contribution is 6.17. The number of nitrogens with zero attached hydrogens (tertiary/aromatic N) is 1. The van der Waals surface area contributed by atoms with Crippen LogP contribution in [-0.2, 0) is 9.59 Å². The van der Waals surface area contributed by atoms with E-state index >= 15 is 0 Å². The van der Waals surface area contributed by atoms with Gasteiger partial charge in [0.2, 0.25) is 0 Å². The molecule has 0 aromatic heterocycles. The third kappa shape index (κ3) is 3.40. The van der Waals surface area contributed by atoms with Crippen molar-refractivity contribution in [1.82, 2.24) is 4.90 Å². The Morgan fingerprint density at radius 3 is 2.68 bits per heavy atom. The number of alkyl halides is 2. The number of ether oxygens (including phenoxy) is 1. The molecule has 2 amide bonds. The average molecular weight is 312 g/mol. The van der Waals surface area contributed by atoms with Gasteiger partial charge >= 0.3 is 6.61 Å². The molecule has 2 N–H and O–H groups in total. The van der Waals surface area contributed by atoms with Crippen LogP contribution in [0.15, 0.2) is 30.0 Å². The van der Waals surface area contributed by atoms with Crippen molar-refractivity contribution in [2.75, 3.05) is 18.5 Å². The summed E-state index contributed by atoms with van der Waals surface area (Å²) in [6.45, 7) is -1.67. The summed E-state index contributed by atoms with van der Waals surface area (Å²) < 4.78 is 28.5. The molecule has 1 aliphatic rings. The van der Waals surface area contributed by atoms with Crippen molar-refractivity contribution >= 4 is 17.5 Å². The molecule has 6 nitrogen and oxygen atoms in total. The fraction of sp³-hybridized carbons (Fsp3) is 0.286.